The number of hydrogen-bond acceptors (Lipinski definition) is 6. The molecule has 0 saturated heterocycles. The van der Waals surface area contributed by atoms with Gasteiger partial charge in [-0.25, -0.2) is 8.42 Å². The molecule has 0 spiro atoms. The zero-order valence-electron chi connectivity index (χ0n) is 16.0. The predicted octanol–water partition coefficient (Wildman–Crippen LogP) is 3.68. The Bertz CT molecular complexity index is 1310. The molecule has 31 heavy (non-hydrogen) atoms. The first-order valence-corrected chi connectivity index (χ1v) is 11.8. The Hall–Kier alpha value is -2.85. The Morgan fingerprint density at radius 1 is 0.968 bits per heavy atom. The van der Waals surface area contributed by atoms with Crippen LogP contribution in [0.15, 0.2) is 77.7 Å². The van der Waals surface area contributed by atoms with Crippen LogP contribution in [-0.4, -0.2) is 23.1 Å². The summed E-state index contributed by atoms with van der Waals surface area (Å²) in [6.07, 6.45) is 0. The molecule has 0 radical (unpaired) electrons. The summed E-state index contributed by atoms with van der Waals surface area (Å²) in [6, 6.07) is 19.3. The van der Waals surface area contributed by atoms with Crippen LogP contribution in [0.4, 0.5) is 0 Å². The maximum absolute atomic E-state index is 13.2. The van der Waals surface area contributed by atoms with Gasteiger partial charge in [-0.3, -0.25) is 4.79 Å². The van der Waals surface area contributed by atoms with Gasteiger partial charge in [0, 0.05) is 11.6 Å². The van der Waals surface area contributed by atoms with Crippen LogP contribution in [0.2, 0.25) is 5.02 Å². The number of nitrogens with one attached hydrogen (secondary N) is 2. The Morgan fingerprint density at radius 2 is 1.71 bits per heavy atom. The third-order valence-corrected chi connectivity index (χ3v) is 6.84. The quantitative estimate of drug-likeness (QED) is 0.427. The minimum Gasteiger partial charge on any atom is -0.350 e. The summed E-state index contributed by atoms with van der Waals surface area (Å²) in [5, 5.41) is 3.38. The highest BCUT2D eigenvalue weighted by molar-refractivity contribution is 7.89. The van der Waals surface area contributed by atoms with E-state index in [0.29, 0.717) is 16.1 Å². The highest BCUT2D eigenvalue weighted by Crippen LogP contribution is 2.24. The van der Waals surface area contributed by atoms with Crippen molar-refractivity contribution in [2.45, 2.75) is 17.5 Å². The Morgan fingerprint density at radius 3 is 2.45 bits per heavy atom. The van der Waals surface area contributed by atoms with Gasteiger partial charge in [0.25, 0.3) is 0 Å². The second-order valence-electron chi connectivity index (χ2n) is 6.70. The monoisotopic (exact) mass is 472 g/mol. The Kier molecular flexibility index (Phi) is 6.28. The van der Waals surface area contributed by atoms with Crippen molar-refractivity contribution in [3.8, 4) is 0 Å². The van der Waals surface area contributed by atoms with E-state index < -0.39 is 22.0 Å². The molecular weight excluding hydrogens is 456 g/mol. The van der Waals surface area contributed by atoms with E-state index in [-0.39, 0.29) is 17.0 Å². The van der Waals surface area contributed by atoms with Crippen LogP contribution in [0.5, 0.6) is 0 Å². The summed E-state index contributed by atoms with van der Waals surface area (Å²) in [4.78, 5) is 13.0. The number of carbonyl (C=O) groups excluding carboxylic acids is 1. The summed E-state index contributed by atoms with van der Waals surface area (Å²) >= 11 is 6.83. The minimum absolute atomic E-state index is 0.0230. The molecule has 2 N–H and O–H groups in total. The molecule has 1 amide bonds. The number of halogens is 1. The summed E-state index contributed by atoms with van der Waals surface area (Å²) < 4.78 is 37.1. The fourth-order valence-electron chi connectivity index (χ4n) is 3.03. The smallest absolute Gasteiger partial charge is 0.243 e. The SMILES string of the molecule is O=C(NCc1ccc(Cl)cc1)[C@@H](NS(=O)(=O)c1cccc2nsnc12)c1ccccc1. The van der Waals surface area contributed by atoms with Gasteiger partial charge in [0.05, 0.1) is 11.7 Å². The molecule has 7 nitrogen and oxygen atoms in total. The largest absolute Gasteiger partial charge is 0.350 e. The zero-order valence-corrected chi connectivity index (χ0v) is 18.4. The van der Waals surface area contributed by atoms with Crippen molar-refractivity contribution in [1.29, 1.82) is 0 Å². The number of fused-ring (bicyclic) bond motifs is 1. The topological polar surface area (TPSA) is 101 Å². The molecule has 0 aliphatic rings. The number of amides is 1. The molecule has 0 saturated carbocycles. The van der Waals surface area contributed by atoms with Crippen molar-refractivity contribution in [2.24, 2.45) is 0 Å². The van der Waals surface area contributed by atoms with Crippen LogP contribution < -0.4 is 10.0 Å². The Balaban J connectivity index is 1.61. The molecule has 0 aliphatic carbocycles. The van der Waals surface area contributed by atoms with Crippen LogP contribution in [0, 0.1) is 0 Å². The van der Waals surface area contributed by atoms with Crippen molar-refractivity contribution < 1.29 is 13.2 Å². The number of rotatable bonds is 7. The summed E-state index contributed by atoms with van der Waals surface area (Å²) in [5.41, 5.74) is 2.11. The summed E-state index contributed by atoms with van der Waals surface area (Å²) in [7, 11) is -4.06. The van der Waals surface area contributed by atoms with E-state index in [1.807, 2.05) is 0 Å². The van der Waals surface area contributed by atoms with Gasteiger partial charge in [-0.1, -0.05) is 60.1 Å². The molecular formula is C21H17ClN4O3S2. The van der Waals surface area contributed by atoms with Crippen molar-refractivity contribution >= 4 is 50.3 Å². The van der Waals surface area contributed by atoms with Crippen molar-refractivity contribution in [1.82, 2.24) is 18.8 Å². The van der Waals surface area contributed by atoms with Gasteiger partial charge in [-0.15, -0.1) is 0 Å². The van der Waals surface area contributed by atoms with Gasteiger partial charge >= 0.3 is 0 Å². The van der Waals surface area contributed by atoms with Crippen molar-refractivity contribution in [2.75, 3.05) is 0 Å². The van der Waals surface area contributed by atoms with Gasteiger partial charge in [0.1, 0.15) is 22.0 Å². The summed E-state index contributed by atoms with van der Waals surface area (Å²) in [6.45, 7) is 0.229. The van der Waals surface area contributed by atoms with Crippen LogP contribution >= 0.6 is 23.3 Å². The van der Waals surface area contributed by atoms with Gasteiger partial charge < -0.3 is 5.32 Å². The fourth-order valence-corrected chi connectivity index (χ4v) is 5.11. The van der Waals surface area contributed by atoms with E-state index in [1.54, 1.807) is 66.7 Å². The molecule has 0 unspecified atom stereocenters. The third kappa shape index (κ3) is 4.91. The van der Waals surface area contributed by atoms with Gasteiger partial charge in [0.2, 0.25) is 15.9 Å². The van der Waals surface area contributed by atoms with Crippen LogP contribution in [-0.2, 0) is 21.4 Å². The number of sulfonamides is 1. The molecule has 4 rings (SSSR count). The average molecular weight is 473 g/mol. The highest BCUT2D eigenvalue weighted by Gasteiger charge is 2.29. The lowest BCUT2D eigenvalue weighted by Crippen LogP contribution is -2.40. The minimum atomic E-state index is -4.06. The van der Waals surface area contributed by atoms with E-state index in [2.05, 4.69) is 18.8 Å². The molecule has 0 aliphatic heterocycles. The lowest BCUT2D eigenvalue weighted by Gasteiger charge is -2.19. The molecule has 10 heteroatoms. The molecule has 1 heterocycles. The normalized spacial score (nSPS) is 12.5. The summed E-state index contributed by atoms with van der Waals surface area (Å²) in [5.74, 6) is -0.478. The first kappa shape index (κ1) is 21.4. The molecule has 1 aromatic heterocycles. The molecule has 158 valence electrons. The van der Waals surface area contributed by atoms with E-state index in [0.717, 1.165) is 17.3 Å². The standard InChI is InChI=1S/C21H17ClN4O3S2/c22-16-11-9-14(10-12-16)13-23-21(27)19(15-5-2-1-3-6-15)26-31(28,29)18-8-4-7-17-20(18)25-30-24-17/h1-12,19,26H,13H2,(H,23,27)/t19-/m0/s1. The predicted molar refractivity (Wildman–Crippen MR) is 120 cm³/mol. The number of aromatic nitrogens is 2. The van der Waals surface area contributed by atoms with Crippen molar-refractivity contribution in [3.05, 3.63) is 88.9 Å². The number of hydrogen-bond donors (Lipinski definition) is 2. The van der Waals surface area contributed by atoms with Gasteiger partial charge in [-0.2, -0.15) is 13.5 Å². The zero-order chi connectivity index (χ0) is 21.8. The maximum atomic E-state index is 13.2. The lowest BCUT2D eigenvalue weighted by atomic mass is 10.1. The second-order valence-corrected chi connectivity index (χ2v) is 9.34. The fraction of sp³-hybridized carbons (Fsp3) is 0.0952. The van der Waals surface area contributed by atoms with E-state index in [1.165, 1.54) is 6.07 Å². The number of nitrogens with zero attached hydrogens (tertiary/aromatic N) is 2. The molecule has 3 aromatic carbocycles. The van der Waals surface area contributed by atoms with Crippen LogP contribution in [0.3, 0.4) is 0 Å². The maximum Gasteiger partial charge on any atom is 0.243 e. The van der Waals surface area contributed by atoms with E-state index >= 15 is 0 Å². The first-order valence-electron chi connectivity index (χ1n) is 9.25. The van der Waals surface area contributed by atoms with Crippen LogP contribution in [0.1, 0.15) is 17.2 Å². The van der Waals surface area contributed by atoms with Crippen LogP contribution in [0.25, 0.3) is 11.0 Å². The average Bonchev–Trinajstić information content (AvgIpc) is 3.26. The molecule has 1 atom stereocenters. The number of benzene rings is 3. The Labute approximate surface area is 188 Å². The van der Waals surface area contributed by atoms with E-state index in [9.17, 15) is 13.2 Å². The molecule has 4 aromatic rings. The van der Waals surface area contributed by atoms with Gasteiger partial charge in [0.15, 0.2) is 0 Å². The molecule has 0 bridgehead atoms. The van der Waals surface area contributed by atoms with Gasteiger partial charge in [-0.05, 0) is 35.4 Å². The molecule has 0 fully saturated rings. The third-order valence-electron chi connectivity index (χ3n) is 4.59. The highest BCUT2D eigenvalue weighted by atomic mass is 35.5. The second kappa shape index (κ2) is 9.11. The van der Waals surface area contributed by atoms with Crippen molar-refractivity contribution in [3.63, 3.8) is 0 Å². The number of carbonyl (C=O) groups is 1. The lowest BCUT2D eigenvalue weighted by molar-refractivity contribution is -0.123. The van der Waals surface area contributed by atoms with E-state index in [4.69, 9.17) is 11.6 Å². The first-order chi connectivity index (χ1) is 14.9.